The highest BCUT2D eigenvalue weighted by Crippen LogP contribution is 1.93. The van der Waals surface area contributed by atoms with Crippen LogP contribution in [0.3, 0.4) is 0 Å². The molecule has 2 aromatic rings. The molecular weight excluding hydrogens is 186 g/mol. The van der Waals surface area contributed by atoms with Gasteiger partial charge < -0.3 is 4.57 Å². The summed E-state index contributed by atoms with van der Waals surface area (Å²) in [6.07, 6.45) is 3.77. The number of hydrogen-bond donors (Lipinski definition) is 1. The molecule has 2 aromatic heterocycles. The van der Waals surface area contributed by atoms with Crippen LogP contribution in [0.15, 0.2) is 30.6 Å². The first-order valence-corrected chi connectivity index (χ1v) is 5.24. The van der Waals surface area contributed by atoms with Crippen LogP contribution in [0, 0.1) is 13.8 Å². The lowest BCUT2D eigenvalue weighted by molar-refractivity contribution is 0.882. The molecular formula is C12H21N3. The van der Waals surface area contributed by atoms with Crippen LogP contribution in [0.4, 0.5) is 0 Å². The van der Waals surface area contributed by atoms with Gasteiger partial charge in [-0.25, -0.2) is 0 Å². The van der Waals surface area contributed by atoms with Crippen LogP contribution in [-0.4, -0.2) is 14.8 Å². The molecule has 3 nitrogen and oxygen atoms in total. The Hall–Kier alpha value is -1.51. The lowest BCUT2D eigenvalue weighted by Crippen LogP contribution is -1.84. The van der Waals surface area contributed by atoms with Crippen molar-refractivity contribution >= 4 is 0 Å². The summed E-state index contributed by atoms with van der Waals surface area (Å²) < 4.78 is 2.08. The minimum Gasteiger partial charge on any atom is -0.355 e. The monoisotopic (exact) mass is 207 g/mol. The van der Waals surface area contributed by atoms with Crippen molar-refractivity contribution in [3.8, 4) is 0 Å². The van der Waals surface area contributed by atoms with Gasteiger partial charge in [-0.05, 0) is 32.0 Å². The summed E-state index contributed by atoms with van der Waals surface area (Å²) in [7, 11) is 2.04. The van der Waals surface area contributed by atoms with E-state index < -0.39 is 0 Å². The van der Waals surface area contributed by atoms with Crippen LogP contribution < -0.4 is 0 Å². The van der Waals surface area contributed by atoms with Gasteiger partial charge in [0.15, 0.2) is 0 Å². The van der Waals surface area contributed by atoms with Gasteiger partial charge in [-0.2, -0.15) is 5.10 Å². The number of nitrogens with one attached hydrogen (secondary N) is 1. The van der Waals surface area contributed by atoms with Gasteiger partial charge in [0.25, 0.3) is 0 Å². The quantitative estimate of drug-likeness (QED) is 0.707. The molecule has 0 unspecified atom stereocenters. The fraction of sp³-hybridized carbons (Fsp3) is 0.417. The van der Waals surface area contributed by atoms with Crippen molar-refractivity contribution in [3.63, 3.8) is 0 Å². The third-order valence-electron chi connectivity index (χ3n) is 1.84. The van der Waals surface area contributed by atoms with Gasteiger partial charge in [-0.1, -0.05) is 13.8 Å². The molecule has 15 heavy (non-hydrogen) atoms. The van der Waals surface area contributed by atoms with E-state index in [2.05, 4.69) is 27.8 Å². The van der Waals surface area contributed by atoms with Crippen molar-refractivity contribution in [3.05, 3.63) is 42.0 Å². The summed E-state index contributed by atoms with van der Waals surface area (Å²) in [5.74, 6) is 0. The standard InChI is InChI=1S/C6H9N.C4H6N2.C2H6/c1-6-4-3-5-7(6)2;1-4-2-3-5-6-4;1-2/h3-5H,1-2H3;2-3H,1H3,(H,5,6);1-2H3. The molecule has 0 aliphatic carbocycles. The Morgan fingerprint density at radius 1 is 1.20 bits per heavy atom. The van der Waals surface area contributed by atoms with Crippen LogP contribution in [0.25, 0.3) is 0 Å². The number of H-pyrrole nitrogens is 1. The van der Waals surface area contributed by atoms with E-state index in [1.165, 1.54) is 5.69 Å². The molecule has 0 radical (unpaired) electrons. The van der Waals surface area contributed by atoms with Crippen molar-refractivity contribution in [1.82, 2.24) is 14.8 Å². The molecule has 1 N–H and O–H groups in total. The van der Waals surface area contributed by atoms with E-state index >= 15 is 0 Å². The zero-order valence-corrected chi connectivity index (χ0v) is 10.3. The molecule has 0 aromatic carbocycles. The molecule has 0 bridgehead atoms. The summed E-state index contributed by atoms with van der Waals surface area (Å²) in [6.45, 7) is 8.05. The molecule has 0 saturated heterocycles. The fourth-order valence-electron chi connectivity index (χ4n) is 0.872. The lowest BCUT2D eigenvalue weighted by atomic mass is 10.5. The van der Waals surface area contributed by atoms with Gasteiger partial charge in [-0.15, -0.1) is 0 Å². The van der Waals surface area contributed by atoms with Gasteiger partial charge in [0.1, 0.15) is 0 Å². The number of hydrogen-bond acceptors (Lipinski definition) is 1. The predicted octanol–water partition coefficient (Wildman–Crippen LogP) is 3.08. The van der Waals surface area contributed by atoms with Crippen LogP contribution >= 0.6 is 0 Å². The maximum Gasteiger partial charge on any atom is 0.0489 e. The lowest BCUT2D eigenvalue weighted by Gasteiger charge is -1.89. The van der Waals surface area contributed by atoms with Crippen molar-refractivity contribution in [2.75, 3.05) is 0 Å². The minimum absolute atomic E-state index is 1.11. The normalized spacial score (nSPS) is 8.33. The summed E-state index contributed by atoms with van der Waals surface area (Å²) in [6, 6.07) is 6.04. The largest absolute Gasteiger partial charge is 0.355 e. The predicted molar refractivity (Wildman–Crippen MR) is 64.8 cm³/mol. The van der Waals surface area contributed by atoms with E-state index in [0.717, 1.165) is 5.69 Å². The van der Waals surface area contributed by atoms with Crippen LogP contribution in [0.5, 0.6) is 0 Å². The highest BCUT2D eigenvalue weighted by Gasteiger charge is 1.82. The van der Waals surface area contributed by atoms with E-state index in [9.17, 15) is 0 Å². The van der Waals surface area contributed by atoms with E-state index in [-0.39, 0.29) is 0 Å². The van der Waals surface area contributed by atoms with Crippen molar-refractivity contribution in [2.45, 2.75) is 27.7 Å². The van der Waals surface area contributed by atoms with Crippen LogP contribution in [0.2, 0.25) is 0 Å². The molecule has 0 spiro atoms. The van der Waals surface area contributed by atoms with Gasteiger partial charge in [0, 0.05) is 30.8 Å². The molecule has 2 rings (SSSR count). The highest BCUT2D eigenvalue weighted by atomic mass is 15.1. The molecule has 0 atom stereocenters. The van der Waals surface area contributed by atoms with E-state index in [0.29, 0.717) is 0 Å². The SMILES string of the molecule is CC.Cc1cccn1C.Cc1ccn[nH]1. The number of nitrogens with zero attached hydrogens (tertiary/aromatic N) is 2. The van der Waals surface area contributed by atoms with E-state index in [1.54, 1.807) is 6.20 Å². The second kappa shape index (κ2) is 7.85. The second-order valence-electron chi connectivity index (χ2n) is 3.00. The molecule has 0 amide bonds. The Morgan fingerprint density at radius 2 is 1.87 bits per heavy atom. The van der Waals surface area contributed by atoms with Gasteiger partial charge in [0.2, 0.25) is 0 Å². The maximum atomic E-state index is 3.70. The molecule has 84 valence electrons. The molecule has 0 fully saturated rings. The molecule has 2 heterocycles. The fourth-order valence-corrected chi connectivity index (χ4v) is 0.872. The third-order valence-corrected chi connectivity index (χ3v) is 1.84. The number of aromatic nitrogens is 3. The summed E-state index contributed by atoms with van der Waals surface area (Å²) in [5, 5.41) is 6.45. The maximum absolute atomic E-state index is 3.70. The second-order valence-corrected chi connectivity index (χ2v) is 3.00. The Kier molecular flexibility index (Phi) is 7.06. The Balaban J connectivity index is 0.000000227. The zero-order valence-electron chi connectivity index (χ0n) is 10.3. The Labute approximate surface area is 92.1 Å². The highest BCUT2D eigenvalue weighted by molar-refractivity contribution is 5.02. The first-order chi connectivity index (χ1) is 7.20. The zero-order chi connectivity index (χ0) is 11.7. The minimum atomic E-state index is 1.11. The Bertz CT molecular complexity index is 317. The summed E-state index contributed by atoms with van der Waals surface area (Å²) in [4.78, 5) is 0. The van der Waals surface area contributed by atoms with Gasteiger partial charge in [-0.3, -0.25) is 5.10 Å². The average Bonchev–Trinajstić information content (AvgIpc) is 2.84. The van der Waals surface area contributed by atoms with Gasteiger partial charge >= 0.3 is 0 Å². The van der Waals surface area contributed by atoms with Crippen molar-refractivity contribution < 1.29 is 0 Å². The molecule has 0 aliphatic rings. The first kappa shape index (κ1) is 13.5. The number of rotatable bonds is 0. The van der Waals surface area contributed by atoms with E-state index in [1.807, 2.05) is 46.1 Å². The summed E-state index contributed by atoms with van der Waals surface area (Å²) in [5.41, 5.74) is 2.41. The van der Waals surface area contributed by atoms with Crippen molar-refractivity contribution in [2.24, 2.45) is 7.05 Å². The summed E-state index contributed by atoms with van der Waals surface area (Å²) >= 11 is 0. The van der Waals surface area contributed by atoms with E-state index in [4.69, 9.17) is 0 Å². The van der Waals surface area contributed by atoms with Crippen LogP contribution in [0.1, 0.15) is 25.2 Å². The van der Waals surface area contributed by atoms with Crippen LogP contribution in [-0.2, 0) is 7.05 Å². The topological polar surface area (TPSA) is 33.6 Å². The van der Waals surface area contributed by atoms with Gasteiger partial charge in [0.05, 0.1) is 0 Å². The third kappa shape index (κ3) is 5.73. The molecule has 3 heteroatoms. The molecule has 0 aliphatic heterocycles. The smallest absolute Gasteiger partial charge is 0.0489 e. The average molecular weight is 207 g/mol. The molecule has 0 saturated carbocycles. The first-order valence-electron chi connectivity index (χ1n) is 5.24. The van der Waals surface area contributed by atoms with Crippen molar-refractivity contribution in [1.29, 1.82) is 0 Å². The number of aryl methyl sites for hydroxylation is 3. The Morgan fingerprint density at radius 3 is 2.00 bits per heavy atom. The number of aromatic amines is 1.